The second-order valence-corrected chi connectivity index (χ2v) is 4.99. The maximum atomic E-state index is 13.9. The van der Waals surface area contributed by atoms with Crippen LogP contribution in [0.4, 0.5) is 4.39 Å². The number of ketones is 1. The molecule has 0 bridgehead atoms. The van der Waals surface area contributed by atoms with Crippen molar-refractivity contribution < 1.29 is 13.9 Å². The van der Waals surface area contributed by atoms with Gasteiger partial charge in [-0.25, -0.2) is 0 Å². The zero-order valence-electron chi connectivity index (χ0n) is 10.3. The Bertz CT molecular complexity index is 584. The monoisotopic (exact) mass is 322 g/mol. The summed E-state index contributed by atoms with van der Waals surface area (Å²) < 4.78 is 19.8. The summed E-state index contributed by atoms with van der Waals surface area (Å²) in [6.45, 7) is 1.79. The van der Waals surface area contributed by atoms with Crippen molar-refractivity contribution in [2.75, 3.05) is 0 Å². The second kappa shape index (κ2) is 5.97. The third-order valence-electron chi connectivity index (χ3n) is 2.63. The number of halogens is 2. The minimum atomic E-state index is -2.00. The van der Waals surface area contributed by atoms with E-state index in [1.54, 1.807) is 55.5 Å². The predicted molar refractivity (Wildman–Crippen MR) is 75.2 cm³/mol. The molecule has 0 aliphatic rings. The van der Waals surface area contributed by atoms with E-state index in [2.05, 4.69) is 15.9 Å². The normalized spacial score (nSPS) is 11.9. The quantitative estimate of drug-likeness (QED) is 0.784. The van der Waals surface area contributed by atoms with Crippen LogP contribution in [0.25, 0.3) is 0 Å². The van der Waals surface area contributed by atoms with Crippen LogP contribution in [0, 0.1) is 6.92 Å². The number of Topliss-reactive ketones (excluding diaryl/α,β-unsaturated/α-hetero) is 1. The fraction of sp³-hybridized carbons (Fsp3) is 0.133. The van der Waals surface area contributed by atoms with Crippen molar-refractivity contribution in [3.8, 4) is 5.75 Å². The molecule has 0 heterocycles. The smallest absolute Gasteiger partial charge is 0.301 e. The van der Waals surface area contributed by atoms with Crippen LogP contribution in [0.2, 0.25) is 0 Å². The van der Waals surface area contributed by atoms with Gasteiger partial charge < -0.3 is 4.74 Å². The highest BCUT2D eigenvalue weighted by Crippen LogP contribution is 2.24. The minimum absolute atomic E-state index is 0.296. The summed E-state index contributed by atoms with van der Waals surface area (Å²) in [5, 5.41) is 0. The first-order valence-corrected chi connectivity index (χ1v) is 6.53. The molecule has 0 saturated carbocycles. The lowest BCUT2D eigenvalue weighted by Crippen LogP contribution is -2.22. The van der Waals surface area contributed by atoms with Gasteiger partial charge in [-0.2, -0.15) is 4.39 Å². The molecule has 0 aliphatic heterocycles. The molecule has 1 unspecified atom stereocenters. The van der Waals surface area contributed by atoms with Crippen molar-refractivity contribution in [1.82, 2.24) is 0 Å². The molecule has 2 nitrogen and oxygen atoms in total. The Balaban J connectivity index is 2.13. The van der Waals surface area contributed by atoms with Gasteiger partial charge in [-0.05, 0) is 30.7 Å². The molecule has 0 saturated heterocycles. The van der Waals surface area contributed by atoms with E-state index >= 15 is 0 Å². The summed E-state index contributed by atoms with van der Waals surface area (Å²) in [6.07, 6.45) is -2.00. The summed E-state index contributed by atoms with van der Waals surface area (Å²) in [5.74, 6) is -0.317. The van der Waals surface area contributed by atoms with Crippen molar-refractivity contribution in [1.29, 1.82) is 0 Å². The van der Waals surface area contributed by atoms with Crippen LogP contribution in [-0.2, 0) is 0 Å². The van der Waals surface area contributed by atoms with E-state index in [4.69, 9.17) is 4.74 Å². The van der Waals surface area contributed by atoms with Crippen molar-refractivity contribution in [2.24, 2.45) is 0 Å². The van der Waals surface area contributed by atoms with Crippen LogP contribution in [0.15, 0.2) is 53.0 Å². The number of hydrogen-bond acceptors (Lipinski definition) is 2. The Morgan fingerprint density at radius 3 is 2.53 bits per heavy atom. The lowest BCUT2D eigenvalue weighted by molar-refractivity contribution is 0.0448. The molecule has 0 amide bonds. The van der Waals surface area contributed by atoms with Gasteiger partial charge >= 0.3 is 6.36 Å². The SMILES string of the molecule is Cc1cc(Br)ccc1OC(F)C(=O)c1ccccc1. The van der Waals surface area contributed by atoms with Gasteiger partial charge in [0, 0.05) is 10.0 Å². The van der Waals surface area contributed by atoms with E-state index in [0.717, 1.165) is 10.0 Å². The van der Waals surface area contributed by atoms with E-state index in [9.17, 15) is 9.18 Å². The molecular formula is C15H12BrFO2. The van der Waals surface area contributed by atoms with E-state index in [1.165, 1.54) is 0 Å². The Morgan fingerprint density at radius 1 is 1.21 bits per heavy atom. The summed E-state index contributed by atoms with van der Waals surface area (Å²) >= 11 is 3.31. The van der Waals surface area contributed by atoms with Gasteiger partial charge in [0.25, 0.3) is 0 Å². The first-order chi connectivity index (χ1) is 9.08. The molecule has 0 aliphatic carbocycles. The first-order valence-electron chi connectivity index (χ1n) is 5.74. The van der Waals surface area contributed by atoms with Gasteiger partial charge in [0.05, 0.1) is 0 Å². The number of carbonyl (C=O) groups is 1. The van der Waals surface area contributed by atoms with Gasteiger partial charge in [-0.1, -0.05) is 46.3 Å². The topological polar surface area (TPSA) is 26.3 Å². The number of carbonyl (C=O) groups excluding carboxylic acids is 1. The molecule has 19 heavy (non-hydrogen) atoms. The maximum Gasteiger partial charge on any atom is 0.301 e. The molecule has 2 rings (SSSR count). The number of rotatable bonds is 4. The maximum absolute atomic E-state index is 13.9. The Kier molecular flexibility index (Phi) is 4.32. The summed E-state index contributed by atoms with van der Waals surface area (Å²) in [4.78, 5) is 11.8. The molecule has 2 aromatic rings. The van der Waals surface area contributed by atoms with Crippen molar-refractivity contribution >= 4 is 21.7 Å². The van der Waals surface area contributed by atoms with Gasteiger partial charge in [0.2, 0.25) is 5.78 Å². The van der Waals surface area contributed by atoms with Crippen LogP contribution in [0.3, 0.4) is 0 Å². The molecule has 0 N–H and O–H groups in total. The van der Waals surface area contributed by atoms with E-state index in [-0.39, 0.29) is 0 Å². The summed E-state index contributed by atoms with van der Waals surface area (Å²) in [6, 6.07) is 13.4. The second-order valence-electron chi connectivity index (χ2n) is 4.07. The lowest BCUT2D eigenvalue weighted by Gasteiger charge is -2.12. The Morgan fingerprint density at radius 2 is 1.89 bits per heavy atom. The zero-order valence-corrected chi connectivity index (χ0v) is 11.9. The largest absolute Gasteiger partial charge is 0.453 e. The van der Waals surface area contributed by atoms with Gasteiger partial charge in [0.15, 0.2) is 0 Å². The van der Waals surface area contributed by atoms with Crippen molar-refractivity contribution in [3.63, 3.8) is 0 Å². The van der Waals surface area contributed by atoms with Gasteiger partial charge in [-0.15, -0.1) is 0 Å². The lowest BCUT2D eigenvalue weighted by atomic mass is 10.1. The number of benzene rings is 2. The first kappa shape index (κ1) is 13.7. The fourth-order valence-electron chi connectivity index (χ4n) is 1.64. The predicted octanol–water partition coefficient (Wildman–Crippen LogP) is 4.31. The molecule has 1 atom stereocenters. The number of hydrogen-bond donors (Lipinski definition) is 0. The average Bonchev–Trinajstić information content (AvgIpc) is 2.42. The molecule has 0 spiro atoms. The molecule has 98 valence electrons. The zero-order chi connectivity index (χ0) is 13.8. The van der Waals surface area contributed by atoms with Crippen LogP contribution < -0.4 is 4.74 Å². The molecular weight excluding hydrogens is 311 g/mol. The van der Waals surface area contributed by atoms with Crippen LogP contribution in [-0.4, -0.2) is 12.1 Å². The molecule has 4 heteroatoms. The van der Waals surface area contributed by atoms with Gasteiger partial charge in [0.1, 0.15) is 5.75 Å². The van der Waals surface area contributed by atoms with Crippen molar-refractivity contribution in [3.05, 3.63) is 64.1 Å². The van der Waals surface area contributed by atoms with Crippen LogP contribution in [0.5, 0.6) is 5.75 Å². The van der Waals surface area contributed by atoms with Crippen LogP contribution >= 0.6 is 15.9 Å². The number of alkyl halides is 1. The van der Waals surface area contributed by atoms with E-state index in [0.29, 0.717) is 11.3 Å². The Labute approximate surface area is 119 Å². The standard InChI is InChI=1S/C15H12BrFO2/c1-10-9-12(16)7-8-13(10)19-15(17)14(18)11-5-3-2-4-6-11/h2-9,15H,1H3. The number of ether oxygens (including phenoxy) is 1. The van der Waals surface area contributed by atoms with E-state index in [1.807, 2.05) is 0 Å². The highest BCUT2D eigenvalue weighted by Gasteiger charge is 2.21. The fourth-order valence-corrected chi connectivity index (χ4v) is 2.12. The van der Waals surface area contributed by atoms with E-state index < -0.39 is 12.1 Å². The molecule has 0 aromatic heterocycles. The highest BCUT2D eigenvalue weighted by molar-refractivity contribution is 9.10. The third kappa shape index (κ3) is 3.41. The molecule has 2 aromatic carbocycles. The average molecular weight is 323 g/mol. The van der Waals surface area contributed by atoms with Gasteiger partial charge in [-0.3, -0.25) is 4.79 Å². The number of aryl methyl sites for hydroxylation is 1. The third-order valence-corrected chi connectivity index (χ3v) is 3.13. The molecule has 0 radical (unpaired) electrons. The minimum Gasteiger partial charge on any atom is -0.453 e. The van der Waals surface area contributed by atoms with Crippen molar-refractivity contribution in [2.45, 2.75) is 13.3 Å². The van der Waals surface area contributed by atoms with Crippen LogP contribution in [0.1, 0.15) is 15.9 Å². The summed E-state index contributed by atoms with van der Waals surface area (Å²) in [5.41, 5.74) is 1.06. The highest BCUT2D eigenvalue weighted by atomic mass is 79.9. The molecule has 0 fully saturated rings. The Hall–Kier alpha value is -1.68. The summed E-state index contributed by atoms with van der Waals surface area (Å²) in [7, 11) is 0.